The van der Waals surface area contributed by atoms with Gasteiger partial charge in [0.1, 0.15) is 5.78 Å². The Balaban J connectivity index is 1.80. The van der Waals surface area contributed by atoms with Gasteiger partial charge in [0.05, 0.1) is 7.11 Å². The number of ketones is 1. The summed E-state index contributed by atoms with van der Waals surface area (Å²) in [4.78, 5) is 23.9. The highest BCUT2D eigenvalue weighted by Gasteiger charge is 2.56. The molecule has 3 rings (SSSR count). The Morgan fingerprint density at radius 1 is 1.32 bits per heavy atom. The van der Waals surface area contributed by atoms with E-state index in [0.29, 0.717) is 30.0 Å². The van der Waals surface area contributed by atoms with Gasteiger partial charge in [-0.1, -0.05) is 26.0 Å². The quantitative estimate of drug-likeness (QED) is 0.586. The molecule has 0 aromatic heterocycles. The van der Waals surface area contributed by atoms with E-state index < -0.39 is 0 Å². The van der Waals surface area contributed by atoms with Crippen molar-refractivity contribution in [2.45, 2.75) is 58.8 Å². The van der Waals surface area contributed by atoms with Gasteiger partial charge < -0.3 is 4.74 Å². The number of hydrogen-bond donors (Lipinski definition) is 0. The zero-order valence-electron chi connectivity index (χ0n) is 14.1. The highest BCUT2D eigenvalue weighted by Crippen LogP contribution is 2.60. The maximum Gasteiger partial charge on any atom is 0.305 e. The first kappa shape index (κ1) is 15.8. The number of carbonyl (C=O) groups excluding carboxylic acids is 2. The van der Waals surface area contributed by atoms with E-state index in [9.17, 15) is 9.59 Å². The molecule has 3 heteroatoms. The van der Waals surface area contributed by atoms with Crippen molar-refractivity contribution in [3.05, 3.63) is 12.2 Å². The van der Waals surface area contributed by atoms with Crippen LogP contribution in [0.4, 0.5) is 0 Å². The van der Waals surface area contributed by atoms with Crippen molar-refractivity contribution in [2.75, 3.05) is 7.11 Å². The van der Waals surface area contributed by atoms with Crippen LogP contribution in [0, 0.1) is 28.6 Å². The molecule has 3 aliphatic rings. The molecule has 0 heterocycles. The van der Waals surface area contributed by atoms with Crippen LogP contribution >= 0.6 is 0 Å². The molecule has 0 saturated heterocycles. The molecule has 0 radical (unpaired) electrons. The summed E-state index contributed by atoms with van der Waals surface area (Å²) in [6, 6.07) is 0. The minimum Gasteiger partial charge on any atom is -0.469 e. The fraction of sp³-hybridized carbons (Fsp3) is 0.789. The van der Waals surface area contributed by atoms with Crippen LogP contribution in [-0.2, 0) is 14.3 Å². The Bertz CT molecular complexity index is 509. The summed E-state index contributed by atoms with van der Waals surface area (Å²) in [6.45, 7) is 4.50. The second-order valence-corrected chi connectivity index (χ2v) is 8.01. The number of carbonyl (C=O) groups is 2. The third-order valence-electron chi connectivity index (χ3n) is 7.00. The molecule has 22 heavy (non-hydrogen) atoms. The lowest BCUT2D eigenvalue weighted by Gasteiger charge is -2.53. The number of allylic oxidation sites excluding steroid dienone is 2. The van der Waals surface area contributed by atoms with Crippen molar-refractivity contribution in [3.8, 4) is 0 Å². The van der Waals surface area contributed by atoms with Gasteiger partial charge in [-0.15, -0.1) is 0 Å². The van der Waals surface area contributed by atoms with Gasteiger partial charge in [-0.3, -0.25) is 9.59 Å². The lowest BCUT2D eigenvalue weighted by Crippen LogP contribution is -2.47. The summed E-state index contributed by atoms with van der Waals surface area (Å²) < 4.78 is 4.81. The molecule has 0 amide bonds. The van der Waals surface area contributed by atoms with E-state index >= 15 is 0 Å². The maximum atomic E-state index is 12.3. The molecule has 2 saturated carbocycles. The van der Waals surface area contributed by atoms with Crippen LogP contribution in [0.25, 0.3) is 0 Å². The number of Topliss-reactive ketones (excluding diaryl/α,β-unsaturated/α-hetero) is 1. The Morgan fingerprint density at radius 3 is 2.82 bits per heavy atom. The Hall–Kier alpha value is -1.12. The van der Waals surface area contributed by atoms with E-state index in [2.05, 4.69) is 26.0 Å². The van der Waals surface area contributed by atoms with Crippen LogP contribution in [0.2, 0.25) is 0 Å². The Kier molecular flexibility index (Phi) is 3.94. The van der Waals surface area contributed by atoms with E-state index in [1.165, 1.54) is 7.11 Å². The summed E-state index contributed by atoms with van der Waals surface area (Å²) in [5.74, 6) is 2.13. The third kappa shape index (κ3) is 2.33. The van der Waals surface area contributed by atoms with Crippen molar-refractivity contribution >= 4 is 11.8 Å². The molecule has 5 unspecified atom stereocenters. The zero-order valence-corrected chi connectivity index (χ0v) is 14.1. The second-order valence-electron chi connectivity index (χ2n) is 8.01. The van der Waals surface area contributed by atoms with Crippen molar-refractivity contribution in [1.29, 1.82) is 0 Å². The predicted octanol–water partition coefficient (Wildman–Crippen LogP) is 3.92. The van der Waals surface area contributed by atoms with Crippen LogP contribution in [0.3, 0.4) is 0 Å². The fourth-order valence-electron chi connectivity index (χ4n) is 5.57. The summed E-state index contributed by atoms with van der Waals surface area (Å²) in [5.41, 5.74) is -0.000317. The van der Waals surface area contributed by atoms with Gasteiger partial charge in [-0.05, 0) is 55.3 Å². The molecule has 3 aliphatic carbocycles. The second kappa shape index (κ2) is 5.50. The third-order valence-corrected chi connectivity index (χ3v) is 7.00. The molecule has 0 N–H and O–H groups in total. The van der Waals surface area contributed by atoms with Crippen LogP contribution in [0.15, 0.2) is 12.2 Å². The van der Waals surface area contributed by atoms with Gasteiger partial charge in [0.15, 0.2) is 0 Å². The first-order valence-corrected chi connectivity index (χ1v) is 8.68. The highest BCUT2D eigenvalue weighted by atomic mass is 16.5. The Morgan fingerprint density at radius 2 is 2.09 bits per heavy atom. The predicted molar refractivity (Wildman–Crippen MR) is 85.2 cm³/mol. The molecule has 0 aliphatic heterocycles. The monoisotopic (exact) mass is 304 g/mol. The van der Waals surface area contributed by atoms with E-state index in [0.717, 1.165) is 38.5 Å². The average molecular weight is 304 g/mol. The van der Waals surface area contributed by atoms with Crippen LogP contribution < -0.4 is 0 Å². The van der Waals surface area contributed by atoms with Crippen molar-refractivity contribution in [1.82, 2.24) is 0 Å². The molecular formula is C19H28O3. The Labute approximate surface area is 133 Å². The minimum atomic E-state index is -0.117. The minimum absolute atomic E-state index is 0.0735. The number of ether oxygens (including phenoxy) is 1. The van der Waals surface area contributed by atoms with E-state index in [1.807, 2.05) is 0 Å². The zero-order chi connectivity index (χ0) is 16.0. The first-order valence-electron chi connectivity index (χ1n) is 8.68. The van der Waals surface area contributed by atoms with Gasteiger partial charge in [0.25, 0.3) is 0 Å². The van der Waals surface area contributed by atoms with Gasteiger partial charge in [-0.25, -0.2) is 0 Å². The normalized spacial score (nSPS) is 43.6. The van der Waals surface area contributed by atoms with Gasteiger partial charge in [0.2, 0.25) is 0 Å². The number of hydrogen-bond acceptors (Lipinski definition) is 3. The van der Waals surface area contributed by atoms with Crippen LogP contribution in [-0.4, -0.2) is 18.9 Å². The molecule has 0 aromatic carbocycles. The van der Waals surface area contributed by atoms with Crippen LogP contribution in [0.5, 0.6) is 0 Å². The summed E-state index contributed by atoms with van der Waals surface area (Å²) in [5, 5.41) is 0. The van der Waals surface area contributed by atoms with Crippen molar-refractivity contribution in [3.63, 3.8) is 0 Å². The van der Waals surface area contributed by atoms with E-state index in [4.69, 9.17) is 4.74 Å². The summed E-state index contributed by atoms with van der Waals surface area (Å²) in [7, 11) is 1.46. The smallest absolute Gasteiger partial charge is 0.305 e. The number of fused-ring (bicyclic) bond motifs is 3. The number of esters is 1. The molecule has 0 aromatic rings. The average Bonchev–Trinajstić information content (AvgIpc) is 2.81. The molecular weight excluding hydrogens is 276 g/mol. The molecule has 2 fully saturated rings. The molecule has 0 bridgehead atoms. The van der Waals surface area contributed by atoms with Gasteiger partial charge >= 0.3 is 5.97 Å². The van der Waals surface area contributed by atoms with E-state index in [1.54, 1.807) is 0 Å². The first-order chi connectivity index (χ1) is 10.4. The largest absolute Gasteiger partial charge is 0.469 e. The topological polar surface area (TPSA) is 43.4 Å². The van der Waals surface area contributed by atoms with Crippen LogP contribution in [0.1, 0.15) is 58.8 Å². The number of rotatable bonds is 3. The molecule has 0 spiro atoms. The lowest BCUT2D eigenvalue weighted by atomic mass is 9.51. The standard InChI is InChI=1S/C19H28O3/c1-18(11-9-17(21)22-3)10-4-5-13-14(18)8-12-19(2)15(13)6-7-16(19)20/h4,10,13-15H,5-9,11-12H2,1-3H3. The van der Waals surface area contributed by atoms with E-state index in [-0.39, 0.29) is 16.8 Å². The summed E-state index contributed by atoms with van der Waals surface area (Å²) in [6.07, 6.45) is 11.1. The molecule has 122 valence electrons. The lowest BCUT2D eigenvalue weighted by molar-refractivity contribution is -0.141. The van der Waals surface area contributed by atoms with Gasteiger partial charge in [0, 0.05) is 18.3 Å². The molecule has 3 nitrogen and oxygen atoms in total. The van der Waals surface area contributed by atoms with Crippen molar-refractivity contribution in [2.24, 2.45) is 28.6 Å². The summed E-state index contributed by atoms with van der Waals surface area (Å²) >= 11 is 0. The molecule has 5 atom stereocenters. The number of methoxy groups -OCH3 is 1. The fourth-order valence-corrected chi connectivity index (χ4v) is 5.57. The maximum absolute atomic E-state index is 12.3. The highest BCUT2D eigenvalue weighted by molar-refractivity contribution is 5.87. The van der Waals surface area contributed by atoms with Crippen molar-refractivity contribution < 1.29 is 14.3 Å². The SMILES string of the molecule is COC(=O)CCC1(C)C=CCC2C1CCC1(C)C(=O)CCC21. The van der Waals surface area contributed by atoms with Gasteiger partial charge in [-0.2, -0.15) is 0 Å².